The number of aryl methyl sites for hydroxylation is 1. The molecule has 0 aliphatic carbocycles. The quantitative estimate of drug-likeness (QED) is 0.563. The lowest BCUT2D eigenvalue weighted by atomic mass is 10.0. The maximum atomic E-state index is 12.8. The second kappa shape index (κ2) is 11.6. The smallest absolute Gasteiger partial charge is 0.274 e. The number of nitrogens with zero attached hydrogens (tertiary/aromatic N) is 5. The van der Waals surface area contributed by atoms with Crippen LogP contribution in [-0.2, 0) is 6.54 Å². The summed E-state index contributed by atoms with van der Waals surface area (Å²) in [5.74, 6) is 0.431. The van der Waals surface area contributed by atoms with Crippen LogP contribution in [0.1, 0.15) is 43.6 Å². The highest BCUT2D eigenvalue weighted by molar-refractivity contribution is 6.03. The molecular formula is C29H36N6O. The number of anilines is 2. The van der Waals surface area contributed by atoms with Crippen LogP contribution >= 0.6 is 0 Å². The predicted molar refractivity (Wildman–Crippen MR) is 144 cm³/mol. The first-order chi connectivity index (χ1) is 18.4. The summed E-state index contributed by atoms with van der Waals surface area (Å²) in [6.07, 6.45) is 5.59. The third kappa shape index (κ3) is 6.09. The Hall–Kier alpha value is -3.29. The van der Waals surface area contributed by atoms with Gasteiger partial charge < -0.3 is 10.2 Å². The van der Waals surface area contributed by atoms with Crippen molar-refractivity contribution in [3.05, 3.63) is 83.8 Å². The summed E-state index contributed by atoms with van der Waals surface area (Å²) in [7, 11) is 0. The Balaban J connectivity index is 1.20. The van der Waals surface area contributed by atoms with Crippen LogP contribution < -0.4 is 10.2 Å². The maximum absolute atomic E-state index is 12.8. The van der Waals surface area contributed by atoms with Gasteiger partial charge in [0.25, 0.3) is 5.91 Å². The Kier molecular flexibility index (Phi) is 7.09. The van der Waals surface area contributed by atoms with Gasteiger partial charge in [0.05, 0.1) is 0 Å². The standard InChI is InChI=1S/C29H36N6O/c1-23-6-2-3-7-24(23)22-33-18-12-26(13-19-33)34-16-5-17-35(21-20-34)28-9-4-8-27(32-28)29(36)31-25-10-14-30-15-11-25/h2-4,6-11,14-15,26H,5,12-13,16-22H2,1H3,(H,30,31,36)/i16D2. The third-order valence-electron chi connectivity index (χ3n) is 7.19. The number of amides is 1. The zero-order valence-electron chi connectivity index (χ0n) is 22.9. The third-order valence-corrected chi connectivity index (χ3v) is 7.19. The zero-order chi connectivity index (χ0) is 26.5. The van der Waals surface area contributed by atoms with Gasteiger partial charge in [-0.15, -0.1) is 0 Å². The van der Waals surface area contributed by atoms with E-state index in [1.807, 2.05) is 12.1 Å². The zero-order valence-corrected chi connectivity index (χ0v) is 20.9. The lowest BCUT2D eigenvalue weighted by molar-refractivity contribution is 0.102. The van der Waals surface area contributed by atoms with Gasteiger partial charge in [0, 0.05) is 59.5 Å². The van der Waals surface area contributed by atoms with Crippen LogP contribution in [-0.4, -0.2) is 70.9 Å². The van der Waals surface area contributed by atoms with Crippen molar-refractivity contribution in [3.63, 3.8) is 0 Å². The molecule has 36 heavy (non-hydrogen) atoms. The Morgan fingerprint density at radius 2 is 1.81 bits per heavy atom. The van der Waals surface area contributed by atoms with Crippen LogP contribution in [0.3, 0.4) is 0 Å². The molecule has 0 saturated carbocycles. The summed E-state index contributed by atoms with van der Waals surface area (Å²) in [6.45, 7) is 5.55. The Morgan fingerprint density at radius 1 is 1.00 bits per heavy atom. The summed E-state index contributed by atoms with van der Waals surface area (Å²) in [5, 5.41) is 2.85. The van der Waals surface area contributed by atoms with Crippen molar-refractivity contribution in [2.45, 2.75) is 38.8 Å². The van der Waals surface area contributed by atoms with Gasteiger partial charge in [-0.2, -0.15) is 0 Å². The number of piperidine rings is 1. The lowest BCUT2D eigenvalue weighted by Gasteiger charge is -2.38. The number of benzene rings is 1. The van der Waals surface area contributed by atoms with Crippen molar-refractivity contribution in [1.29, 1.82) is 0 Å². The van der Waals surface area contributed by atoms with Crippen LogP contribution in [0.2, 0.25) is 0 Å². The van der Waals surface area contributed by atoms with Gasteiger partial charge in [0.1, 0.15) is 11.5 Å². The van der Waals surface area contributed by atoms with Crippen molar-refractivity contribution < 1.29 is 7.54 Å². The molecule has 0 spiro atoms. The number of nitrogens with one attached hydrogen (secondary N) is 1. The molecule has 0 atom stereocenters. The molecule has 2 fully saturated rings. The van der Waals surface area contributed by atoms with Gasteiger partial charge >= 0.3 is 0 Å². The normalized spacial score (nSPS) is 20.3. The molecule has 7 heteroatoms. The minimum Gasteiger partial charge on any atom is -0.355 e. The van der Waals surface area contributed by atoms with Crippen LogP contribution in [0.4, 0.5) is 11.5 Å². The highest BCUT2D eigenvalue weighted by atomic mass is 16.1. The Bertz CT molecular complexity index is 1230. The number of likely N-dealkylation sites (tertiary alicyclic amines) is 1. The average molecular weight is 487 g/mol. The summed E-state index contributed by atoms with van der Waals surface area (Å²) < 4.78 is 17.7. The Morgan fingerprint density at radius 3 is 2.61 bits per heavy atom. The molecule has 0 radical (unpaired) electrons. The Labute approximate surface area is 217 Å². The molecule has 0 unspecified atom stereocenters. The van der Waals surface area contributed by atoms with E-state index in [1.165, 1.54) is 11.1 Å². The summed E-state index contributed by atoms with van der Waals surface area (Å²) >= 11 is 0. The second-order valence-electron chi connectivity index (χ2n) is 9.59. The molecule has 5 rings (SSSR count). The molecule has 0 bridgehead atoms. The molecule has 1 N–H and O–H groups in total. The molecule has 3 aromatic rings. The first kappa shape index (κ1) is 21.9. The van der Waals surface area contributed by atoms with Gasteiger partial charge in [-0.1, -0.05) is 30.3 Å². The molecule has 1 aromatic carbocycles. The topological polar surface area (TPSA) is 64.6 Å². The van der Waals surface area contributed by atoms with Crippen LogP contribution in [0.25, 0.3) is 0 Å². The minimum atomic E-state index is -1.38. The molecule has 7 nitrogen and oxygen atoms in total. The first-order valence-corrected chi connectivity index (χ1v) is 12.9. The number of carbonyl (C=O) groups excluding carboxylic acids is 1. The average Bonchev–Trinajstić information content (AvgIpc) is 3.09. The predicted octanol–water partition coefficient (Wildman–Crippen LogP) is 4.21. The molecule has 1 amide bonds. The molecule has 2 aliphatic rings. The van der Waals surface area contributed by atoms with E-state index >= 15 is 0 Å². The maximum Gasteiger partial charge on any atom is 0.274 e. The van der Waals surface area contributed by atoms with E-state index in [9.17, 15) is 4.79 Å². The van der Waals surface area contributed by atoms with Crippen molar-refractivity contribution in [2.24, 2.45) is 0 Å². The largest absolute Gasteiger partial charge is 0.355 e. The number of carbonyl (C=O) groups is 1. The number of rotatable bonds is 6. The lowest BCUT2D eigenvalue weighted by Crippen LogP contribution is -2.46. The molecule has 188 valence electrons. The highest BCUT2D eigenvalue weighted by Gasteiger charge is 2.27. The molecule has 2 aliphatic heterocycles. The number of hydrogen-bond acceptors (Lipinski definition) is 6. The van der Waals surface area contributed by atoms with E-state index in [2.05, 4.69) is 61.2 Å². The van der Waals surface area contributed by atoms with Crippen molar-refractivity contribution in [2.75, 3.05) is 49.4 Å². The van der Waals surface area contributed by atoms with Crippen LogP contribution in [0.15, 0.2) is 67.0 Å². The van der Waals surface area contributed by atoms with Crippen molar-refractivity contribution in [1.82, 2.24) is 19.8 Å². The fourth-order valence-corrected chi connectivity index (χ4v) is 5.06. The number of aromatic nitrogens is 2. The summed E-state index contributed by atoms with van der Waals surface area (Å²) in [6, 6.07) is 17.7. The van der Waals surface area contributed by atoms with E-state index in [-0.39, 0.29) is 11.9 Å². The number of hydrogen-bond donors (Lipinski definition) is 1. The number of pyridine rings is 2. The monoisotopic (exact) mass is 486 g/mol. The van der Waals surface area contributed by atoms with Crippen molar-refractivity contribution >= 4 is 17.4 Å². The summed E-state index contributed by atoms with van der Waals surface area (Å²) in [5.41, 5.74) is 3.70. The first-order valence-electron chi connectivity index (χ1n) is 13.9. The van der Waals surface area contributed by atoms with Gasteiger partial charge in [0.15, 0.2) is 0 Å². The van der Waals surface area contributed by atoms with E-state index in [4.69, 9.17) is 2.74 Å². The van der Waals surface area contributed by atoms with Crippen molar-refractivity contribution in [3.8, 4) is 0 Å². The molecule has 2 saturated heterocycles. The van der Waals surface area contributed by atoms with Gasteiger partial charge in [-0.05, 0) is 74.7 Å². The van der Waals surface area contributed by atoms with E-state index in [0.717, 1.165) is 32.5 Å². The second-order valence-corrected chi connectivity index (χ2v) is 9.59. The van der Waals surface area contributed by atoms with E-state index in [0.29, 0.717) is 43.3 Å². The van der Waals surface area contributed by atoms with Crippen LogP contribution in [0, 0.1) is 6.92 Å². The van der Waals surface area contributed by atoms with Gasteiger partial charge in [-0.25, -0.2) is 4.98 Å². The molecule has 2 aromatic heterocycles. The fourth-order valence-electron chi connectivity index (χ4n) is 5.06. The minimum absolute atomic E-state index is 0.225. The van der Waals surface area contributed by atoms with E-state index in [1.54, 1.807) is 30.6 Å². The van der Waals surface area contributed by atoms with Gasteiger partial charge in [0.2, 0.25) is 0 Å². The molecule has 4 heterocycles. The SMILES string of the molecule is [2H]C1([2H])CCN(c2cccc(C(=O)Nc3ccncc3)n2)CCN1C1CCN(Cc2ccccc2C)CC1. The van der Waals surface area contributed by atoms with Crippen LogP contribution in [0.5, 0.6) is 0 Å². The van der Waals surface area contributed by atoms with E-state index < -0.39 is 6.50 Å². The molecular weight excluding hydrogens is 448 g/mol. The highest BCUT2D eigenvalue weighted by Crippen LogP contribution is 2.22. The fraction of sp³-hybridized carbons (Fsp3) is 0.414. The summed E-state index contributed by atoms with van der Waals surface area (Å²) in [4.78, 5) is 28.0. The van der Waals surface area contributed by atoms with Gasteiger partial charge in [-0.3, -0.25) is 19.6 Å².